The average Bonchev–Trinajstić information content (AvgIpc) is 3.73. The van der Waals surface area contributed by atoms with E-state index in [4.69, 9.17) is 14.4 Å². The molecule has 0 fully saturated rings. The summed E-state index contributed by atoms with van der Waals surface area (Å²) in [4.78, 5) is 11.4. The standard InChI is InChI=1S/C77H44N2O/c1-3-20-45(21-4-1)47-38-48(46-22-5-2-6-23-46)40-49(39-47)73-75-74(59-33-16-18-37-71(59)80-75)79-76(78-73)60-34-19-36-68-72(60)58-32-15-17-35-67(58)77(68)69-43-63-56-30-13-9-26-52(56)50-24-7-11-28-54(50)61(63)41-65(69)66-42-62-55-29-12-8-25-51(55)53-27-10-14-31-57(53)64(62)44-70(66)77/h1-44H. The van der Waals surface area contributed by atoms with Crippen molar-refractivity contribution < 1.29 is 4.42 Å². The van der Waals surface area contributed by atoms with Crippen molar-refractivity contribution in [1.82, 2.24) is 9.97 Å². The Morgan fingerprint density at radius 2 is 0.675 bits per heavy atom. The van der Waals surface area contributed by atoms with E-state index in [-0.39, 0.29) is 0 Å². The van der Waals surface area contributed by atoms with E-state index in [0.717, 1.165) is 61.1 Å². The van der Waals surface area contributed by atoms with Gasteiger partial charge in [0.1, 0.15) is 16.8 Å². The lowest BCUT2D eigenvalue weighted by Gasteiger charge is -2.31. The van der Waals surface area contributed by atoms with Crippen LogP contribution in [0.5, 0.6) is 0 Å². The summed E-state index contributed by atoms with van der Waals surface area (Å²) >= 11 is 0. The minimum absolute atomic E-state index is 0.652. The van der Waals surface area contributed by atoms with Crippen molar-refractivity contribution in [3.63, 3.8) is 0 Å². The fourth-order valence-electron chi connectivity index (χ4n) is 14.5. The smallest absolute Gasteiger partial charge is 0.180 e. The first-order valence-corrected chi connectivity index (χ1v) is 27.6. The van der Waals surface area contributed by atoms with E-state index < -0.39 is 5.41 Å². The number of furan rings is 1. The molecule has 80 heavy (non-hydrogen) atoms. The van der Waals surface area contributed by atoms with Crippen LogP contribution in [-0.2, 0) is 5.41 Å². The highest BCUT2D eigenvalue weighted by Crippen LogP contribution is 2.65. The maximum atomic E-state index is 6.88. The molecule has 18 rings (SSSR count). The van der Waals surface area contributed by atoms with Gasteiger partial charge < -0.3 is 4.42 Å². The van der Waals surface area contributed by atoms with E-state index in [9.17, 15) is 0 Å². The van der Waals surface area contributed by atoms with Crippen molar-refractivity contribution in [1.29, 1.82) is 0 Å². The third kappa shape index (κ3) is 5.87. The molecule has 0 unspecified atom stereocenters. The molecule has 14 aromatic carbocycles. The Kier molecular flexibility index (Phi) is 8.87. The van der Waals surface area contributed by atoms with Gasteiger partial charge in [0.25, 0.3) is 0 Å². The summed E-state index contributed by atoms with van der Waals surface area (Å²) in [7, 11) is 0. The largest absolute Gasteiger partial charge is 0.452 e. The molecule has 2 aromatic heterocycles. The van der Waals surface area contributed by atoms with E-state index in [0.29, 0.717) is 11.4 Å². The quantitative estimate of drug-likeness (QED) is 0.165. The minimum atomic E-state index is -0.710. The second kappa shape index (κ2) is 16.3. The Labute approximate surface area is 460 Å². The summed E-state index contributed by atoms with van der Waals surface area (Å²) < 4.78 is 6.88. The van der Waals surface area contributed by atoms with Crippen LogP contribution in [0.25, 0.3) is 154 Å². The first kappa shape index (κ1) is 43.6. The van der Waals surface area contributed by atoms with Crippen molar-refractivity contribution in [2.24, 2.45) is 0 Å². The van der Waals surface area contributed by atoms with Gasteiger partial charge >= 0.3 is 0 Å². The fraction of sp³-hybridized carbons (Fsp3) is 0.0130. The van der Waals surface area contributed by atoms with Gasteiger partial charge in [-0.25, -0.2) is 9.97 Å². The van der Waals surface area contributed by atoms with Gasteiger partial charge in [-0.15, -0.1) is 0 Å². The van der Waals surface area contributed by atoms with Crippen molar-refractivity contribution in [3.8, 4) is 67.2 Å². The van der Waals surface area contributed by atoms with Crippen molar-refractivity contribution in [2.45, 2.75) is 5.41 Å². The molecule has 0 amide bonds. The molecule has 3 nitrogen and oxygen atoms in total. The van der Waals surface area contributed by atoms with E-state index in [1.165, 1.54) is 104 Å². The van der Waals surface area contributed by atoms with Gasteiger partial charge in [0, 0.05) is 16.5 Å². The van der Waals surface area contributed by atoms with Crippen LogP contribution in [0.15, 0.2) is 271 Å². The van der Waals surface area contributed by atoms with Crippen LogP contribution in [0.4, 0.5) is 0 Å². The molecule has 368 valence electrons. The summed E-state index contributed by atoms with van der Waals surface area (Å²) in [6, 6.07) is 98.5. The predicted molar refractivity (Wildman–Crippen MR) is 332 cm³/mol. The molecule has 1 spiro atoms. The zero-order valence-corrected chi connectivity index (χ0v) is 43.2. The molecule has 3 heteroatoms. The summed E-state index contributed by atoms with van der Waals surface area (Å²) in [5.74, 6) is 0.652. The molecule has 0 saturated heterocycles. The molecule has 0 aliphatic heterocycles. The Morgan fingerprint density at radius 1 is 0.263 bits per heavy atom. The Balaban J connectivity index is 0.968. The number of aromatic nitrogens is 2. The van der Waals surface area contributed by atoms with Gasteiger partial charge in [0.15, 0.2) is 11.4 Å². The summed E-state index contributed by atoms with van der Waals surface area (Å²) in [5.41, 5.74) is 18.6. The zero-order chi connectivity index (χ0) is 52.2. The molecule has 2 heterocycles. The van der Waals surface area contributed by atoms with Crippen molar-refractivity contribution >= 4 is 86.7 Å². The van der Waals surface area contributed by atoms with E-state index >= 15 is 0 Å². The first-order chi connectivity index (χ1) is 39.7. The molecule has 0 saturated carbocycles. The molecule has 0 bridgehead atoms. The molecular formula is C77H44N2O. The predicted octanol–water partition coefficient (Wildman–Crippen LogP) is 20.3. The lowest BCUT2D eigenvalue weighted by Crippen LogP contribution is -2.26. The lowest BCUT2D eigenvalue weighted by atomic mass is 9.69. The van der Waals surface area contributed by atoms with Gasteiger partial charge in [-0.3, -0.25) is 0 Å². The van der Waals surface area contributed by atoms with E-state index in [1.54, 1.807) is 0 Å². The van der Waals surface area contributed by atoms with Crippen LogP contribution < -0.4 is 0 Å². The summed E-state index contributed by atoms with van der Waals surface area (Å²) in [5, 5.41) is 16.1. The second-order valence-electron chi connectivity index (χ2n) is 21.8. The van der Waals surface area contributed by atoms with E-state index in [2.05, 4.69) is 255 Å². The van der Waals surface area contributed by atoms with Crippen LogP contribution in [0, 0.1) is 0 Å². The number of benzene rings is 14. The topological polar surface area (TPSA) is 38.9 Å². The number of nitrogens with zero attached hydrogens (tertiary/aromatic N) is 2. The molecule has 16 aromatic rings. The zero-order valence-electron chi connectivity index (χ0n) is 43.2. The average molecular weight is 1010 g/mol. The number of hydrogen-bond acceptors (Lipinski definition) is 3. The van der Waals surface area contributed by atoms with Crippen LogP contribution in [-0.4, -0.2) is 9.97 Å². The second-order valence-corrected chi connectivity index (χ2v) is 21.8. The third-order valence-electron chi connectivity index (χ3n) is 17.8. The molecule has 2 aliphatic rings. The number of para-hydroxylation sites is 1. The first-order valence-electron chi connectivity index (χ1n) is 27.6. The Hall–Kier alpha value is -10.5. The number of hydrogen-bond donors (Lipinski definition) is 0. The van der Waals surface area contributed by atoms with Crippen LogP contribution in [0.3, 0.4) is 0 Å². The SMILES string of the molecule is c1ccc(-c2cc(-c3ccccc3)cc(-c3nc(-c4cccc5c4-c4ccccc4C54c5cc6c7ccccc7c7ccccc7c6cc5-c5cc6c7ccccc7c7ccccc7c6cc54)nc4c3oc3ccccc34)c2)cc1. The Bertz CT molecular complexity index is 5140. The highest BCUT2D eigenvalue weighted by Gasteiger charge is 2.53. The number of fused-ring (bicyclic) bond motifs is 25. The van der Waals surface area contributed by atoms with Crippen molar-refractivity contribution in [3.05, 3.63) is 289 Å². The van der Waals surface area contributed by atoms with E-state index in [1.807, 2.05) is 12.1 Å². The summed E-state index contributed by atoms with van der Waals surface area (Å²) in [6.07, 6.45) is 0. The van der Waals surface area contributed by atoms with Gasteiger partial charge in [-0.2, -0.15) is 0 Å². The van der Waals surface area contributed by atoms with Crippen LogP contribution in [0.2, 0.25) is 0 Å². The fourth-order valence-corrected chi connectivity index (χ4v) is 14.5. The minimum Gasteiger partial charge on any atom is -0.452 e. The molecule has 0 radical (unpaired) electrons. The normalized spacial score (nSPS) is 13.1. The Morgan fingerprint density at radius 3 is 1.21 bits per heavy atom. The van der Waals surface area contributed by atoms with Crippen molar-refractivity contribution in [2.75, 3.05) is 0 Å². The van der Waals surface area contributed by atoms with Gasteiger partial charge in [0.05, 0.1) is 5.41 Å². The maximum absolute atomic E-state index is 6.88. The van der Waals surface area contributed by atoms with Gasteiger partial charge in [-0.1, -0.05) is 212 Å². The summed E-state index contributed by atoms with van der Waals surface area (Å²) in [6.45, 7) is 0. The molecular weight excluding hydrogens is 969 g/mol. The van der Waals surface area contributed by atoms with Gasteiger partial charge in [-0.05, 0) is 186 Å². The molecule has 2 aliphatic carbocycles. The highest BCUT2D eigenvalue weighted by molar-refractivity contribution is 6.29. The van der Waals surface area contributed by atoms with Crippen LogP contribution >= 0.6 is 0 Å². The third-order valence-corrected chi connectivity index (χ3v) is 17.8. The lowest BCUT2D eigenvalue weighted by molar-refractivity contribution is 0.667. The maximum Gasteiger partial charge on any atom is 0.180 e. The monoisotopic (exact) mass is 1010 g/mol. The molecule has 0 atom stereocenters. The molecule has 0 N–H and O–H groups in total. The highest BCUT2D eigenvalue weighted by atomic mass is 16.3. The number of rotatable bonds is 4. The van der Waals surface area contributed by atoms with Gasteiger partial charge in [0.2, 0.25) is 0 Å². The van der Waals surface area contributed by atoms with Crippen LogP contribution in [0.1, 0.15) is 22.3 Å².